The smallest absolute Gasteiger partial charge is 0.274 e. The molecule has 1 saturated heterocycles. The van der Waals surface area contributed by atoms with Crippen LogP contribution < -0.4 is 0 Å². The zero-order chi connectivity index (χ0) is 23.7. The fourth-order valence-corrected chi connectivity index (χ4v) is 5.52. The molecule has 4 aromatic rings. The van der Waals surface area contributed by atoms with Crippen LogP contribution >= 0.6 is 11.6 Å². The quantitative estimate of drug-likeness (QED) is 0.431. The molecule has 0 unspecified atom stereocenters. The largest absolute Gasteiger partial charge is 0.335 e. The van der Waals surface area contributed by atoms with E-state index in [-0.39, 0.29) is 42.7 Å². The molecule has 3 heterocycles. The van der Waals surface area contributed by atoms with Crippen molar-refractivity contribution in [2.24, 2.45) is 0 Å². The third-order valence-electron chi connectivity index (χ3n) is 5.74. The summed E-state index contributed by atoms with van der Waals surface area (Å²) < 4.78 is 27.8. The van der Waals surface area contributed by atoms with Gasteiger partial charge in [-0.15, -0.1) is 0 Å². The minimum absolute atomic E-state index is 0.201. The minimum atomic E-state index is -3.69. The molecule has 172 valence electrons. The lowest BCUT2D eigenvalue weighted by Crippen LogP contribution is -2.50. The number of amides is 1. The number of carbonyl (C=O) groups excluding carboxylic acids is 1. The van der Waals surface area contributed by atoms with Crippen molar-refractivity contribution in [3.05, 3.63) is 83.9 Å². The third kappa shape index (κ3) is 4.37. The average molecular weight is 494 g/mol. The van der Waals surface area contributed by atoms with Gasteiger partial charge in [-0.05, 0) is 47.2 Å². The lowest BCUT2D eigenvalue weighted by Gasteiger charge is -2.33. The van der Waals surface area contributed by atoms with Crippen molar-refractivity contribution in [1.82, 2.24) is 24.2 Å². The van der Waals surface area contributed by atoms with Crippen molar-refractivity contribution in [1.29, 1.82) is 0 Å². The molecule has 10 heteroatoms. The molecule has 34 heavy (non-hydrogen) atoms. The number of sulfonamides is 1. The summed E-state index contributed by atoms with van der Waals surface area (Å²) in [6, 6.07) is 15.8. The van der Waals surface area contributed by atoms with E-state index in [4.69, 9.17) is 11.6 Å². The number of rotatable bonds is 4. The van der Waals surface area contributed by atoms with Gasteiger partial charge in [-0.3, -0.25) is 14.8 Å². The molecule has 0 radical (unpaired) electrons. The Kier molecular flexibility index (Phi) is 5.99. The van der Waals surface area contributed by atoms with Gasteiger partial charge < -0.3 is 4.90 Å². The van der Waals surface area contributed by atoms with E-state index < -0.39 is 10.0 Å². The number of fused-ring (bicyclic) bond motifs is 1. The van der Waals surface area contributed by atoms with Crippen molar-refractivity contribution in [3.63, 3.8) is 0 Å². The predicted octanol–water partition coefficient (Wildman–Crippen LogP) is 3.49. The Balaban J connectivity index is 1.27. The van der Waals surface area contributed by atoms with Crippen LogP contribution in [0.15, 0.2) is 78.1 Å². The summed E-state index contributed by atoms with van der Waals surface area (Å²) in [7, 11) is -3.69. The van der Waals surface area contributed by atoms with Gasteiger partial charge in [0.15, 0.2) is 0 Å². The molecule has 0 bridgehead atoms. The molecule has 1 fully saturated rings. The molecule has 0 spiro atoms. The SMILES string of the molecule is O=C(c1cnc(-c2ccccn2)cn1)N1CCN(S(=O)(=O)c2ccc3cc(Cl)ccc3c2)CC1. The van der Waals surface area contributed by atoms with Crippen LogP contribution in [0.3, 0.4) is 0 Å². The van der Waals surface area contributed by atoms with Crippen LogP contribution in [-0.4, -0.2) is 64.7 Å². The normalized spacial score (nSPS) is 14.9. The van der Waals surface area contributed by atoms with Crippen molar-refractivity contribution in [2.75, 3.05) is 26.2 Å². The Bertz CT molecular complexity index is 1460. The van der Waals surface area contributed by atoms with Crippen molar-refractivity contribution in [2.45, 2.75) is 4.90 Å². The van der Waals surface area contributed by atoms with Crippen LogP contribution in [0.4, 0.5) is 0 Å². The number of hydrogen-bond donors (Lipinski definition) is 0. The number of aromatic nitrogens is 3. The standard InChI is InChI=1S/C24H20ClN5O3S/c25-19-6-4-18-14-20(7-5-17(18)13-19)34(32,33)30-11-9-29(10-12-30)24(31)23-16-27-22(15-28-23)21-3-1-2-8-26-21/h1-8,13-16H,9-12H2. The molecular formula is C24H20ClN5O3S. The van der Waals surface area contributed by atoms with E-state index in [1.165, 1.54) is 16.7 Å². The Morgan fingerprint density at radius 3 is 2.29 bits per heavy atom. The zero-order valence-electron chi connectivity index (χ0n) is 18.0. The van der Waals surface area contributed by atoms with Crippen molar-refractivity contribution in [3.8, 4) is 11.4 Å². The maximum Gasteiger partial charge on any atom is 0.274 e. The number of nitrogens with zero attached hydrogens (tertiary/aromatic N) is 5. The molecule has 0 saturated carbocycles. The highest BCUT2D eigenvalue weighted by atomic mass is 35.5. The van der Waals surface area contributed by atoms with Gasteiger partial charge >= 0.3 is 0 Å². The predicted molar refractivity (Wildman–Crippen MR) is 129 cm³/mol. The molecule has 0 N–H and O–H groups in total. The van der Waals surface area contributed by atoms with Crippen molar-refractivity contribution >= 4 is 38.3 Å². The Hall–Kier alpha value is -3.40. The maximum absolute atomic E-state index is 13.2. The highest BCUT2D eigenvalue weighted by Crippen LogP contribution is 2.25. The van der Waals surface area contributed by atoms with E-state index in [1.54, 1.807) is 47.5 Å². The van der Waals surface area contributed by atoms with Crippen LogP contribution in [0.25, 0.3) is 22.2 Å². The molecule has 0 atom stereocenters. The van der Waals surface area contributed by atoms with Crippen LogP contribution in [-0.2, 0) is 10.0 Å². The zero-order valence-corrected chi connectivity index (χ0v) is 19.6. The Morgan fingerprint density at radius 1 is 0.824 bits per heavy atom. The first-order valence-corrected chi connectivity index (χ1v) is 12.5. The van der Waals surface area contributed by atoms with Crippen LogP contribution in [0.5, 0.6) is 0 Å². The first kappa shape index (κ1) is 22.4. The highest BCUT2D eigenvalue weighted by molar-refractivity contribution is 7.89. The summed E-state index contributed by atoms with van der Waals surface area (Å²) in [6.07, 6.45) is 4.61. The number of pyridine rings is 1. The molecule has 2 aromatic carbocycles. The van der Waals surface area contributed by atoms with E-state index in [2.05, 4.69) is 15.0 Å². The summed E-state index contributed by atoms with van der Waals surface area (Å²) in [5.74, 6) is -0.278. The van der Waals surface area contributed by atoms with Crippen LogP contribution in [0.2, 0.25) is 5.02 Å². The summed E-state index contributed by atoms with van der Waals surface area (Å²) >= 11 is 6.02. The summed E-state index contributed by atoms with van der Waals surface area (Å²) in [5, 5.41) is 2.27. The van der Waals surface area contributed by atoms with E-state index in [0.717, 1.165) is 10.8 Å². The van der Waals surface area contributed by atoms with Crippen LogP contribution in [0.1, 0.15) is 10.5 Å². The number of carbonyl (C=O) groups is 1. The summed E-state index contributed by atoms with van der Waals surface area (Å²) in [6.45, 7) is 0.939. The second kappa shape index (κ2) is 9.09. The molecular weight excluding hydrogens is 474 g/mol. The number of halogens is 1. The first-order chi connectivity index (χ1) is 16.4. The molecule has 5 rings (SSSR count). The lowest BCUT2D eigenvalue weighted by molar-refractivity contribution is 0.0691. The molecule has 0 aliphatic carbocycles. The number of hydrogen-bond acceptors (Lipinski definition) is 6. The summed E-state index contributed by atoms with van der Waals surface area (Å²) in [4.78, 5) is 27.5. The molecule has 1 aliphatic rings. The highest BCUT2D eigenvalue weighted by Gasteiger charge is 2.31. The van der Waals surface area contributed by atoms with Gasteiger partial charge in [0, 0.05) is 37.4 Å². The average Bonchev–Trinajstić information content (AvgIpc) is 2.88. The Labute approximate surface area is 201 Å². The third-order valence-corrected chi connectivity index (χ3v) is 7.87. The topological polar surface area (TPSA) is 96.4 Å². The second-order valence-electron chi connectivity index (χ2n) is 7.85. The van der Waals surface area contributed by atoms with Gasteiger partial charge in [-0.1, -0.05) is 29.8 Å². The van der Waals surface area contributed by atoms with E-state index >= 15 is 0 Å². The molecule has 2 aromatic heterocycles. The van der Waals surface area contributed by atoms with Crippen molar-refractivity contribution < 1.29 is 13.2 Å². The fourth-order valence-electron chi connectivity index (χ4n) is 3.88. The van der Waals surface area contributed by atoms with Gasteiger partial charge in [0.25, 0.3) is 5.91 Å². The Morgan fingerprint density at radius 2 is 1.59 bits per heavy atom. The van der Waals surface area contributed by atoms with Gasteiger partial charge in [-0.25, -0.2) is 13.4 Å². The van der Waals surface area contributed by atoms with Gasteiger partial charge in [0.05, 0.1) is 23.0 Å². The lowest BCUT2D eigenvalue weighted by atomic mass is 10.1. The second-order valence-corrected chi connectivity index (χ2v) is 10.2. The first-order valence-electron chi connectivity index (χ1n) is 10.6. The van der Waals surface area contributed by atoms with Gasteiger partial charge in [0.1, 0.15) is 11.4 Å². The van der Waals surface area contributed by atoms with Gasteiger partial charge in [-0.2, -0.15) is 4.31 Å². The van der Waals surface area contributed by atoms with E-state index in [1.807, 2.05) is 18.2 Å². The van der Waals surface area contributed by atoms with Crippen LogP contribution in [0, 0.1) is 0 Å². The number of benzene rings is 2. The minimum Gasteiger partial charge on any atom is -0.335 e. The van der Waals surface area contributed by atoms with Gasteiger partial charge in [0.2, 0.25) is 10.0 Å². The van der Waals surface area contributed by atoms with E-state index in [0.29, 0.717) is 16.4 Å². The fraction of sp³-hybridized carbons (Fsp3) is 0.167. The monoisotopic (exact) mass is 493 g/mol. The molecule has 8 nitrogen and oxygen atoms in total. The molecule has 1 amide bonds. The van der Waals surface area contributed by atoms with E-state index in [9.17, 15) is 13.2 Å². The molecule has 1 aliphatic heterocycles. The maximum atomic E-state index is 13.2. The number of piperazine rings is 1. The summed E-state index contributed by atoms with van der Waals surface area (Å²) in [5.41, 5.74) is 1.46.